The van der Waals surface area contributed by atoms with Gasteiger partial charge >= 0.3 is 5.97 Å². The molecule has 0 aliphatic rings. The molecule has 0 N–H and O–H groups in total. The SMILES string of the molecule is O=C(OCc1cccc(Cl)c1)c1ccc(Br)nc1. The van der Waals surface area contributed by atoms with Gasteiger partial charge in [-0.2, -0.15) is 0 Å². The van der Waals surface area contributed by atoms with E-state index in [2.05, 4.69) is 20.9 Å². The second-order valence-corrected chi connectivity index (χ2v) is 4.82. The Hall–Kier alpha value is -1.39. The quantitative estimate of drug-likeness (QED) is 0.635. The first-order chi connectivity index (χ1) is 8.65. The Balaban J connectivity index is 1.98. The van der Waals surface area contributed by atoms with Crippen molar-refractivity contribution in [2.75, 3.05) is 0 Å². The van der Waals surface area contributed by atoms with Gasteiger partial charge in [-0.25, -0.2) is 9.78 Å². The molecule has 0 unspecified atom stereocenters. The van der Waals surface area contributed by atoms with E-state index in [0.717, 1.165) is 5.56 Å². The van der Waals surface area contributed by atoms with Crippen LogP contribution in [-0.4, -0.2) is 11.0 Å². The van der Waals surface area contributed by atoms with Crippen molar-refractivity contribution in [3.05, 3.63) is 63.3 Å². The van der Waals surface area contributed by atoms with E-state index < -0.39 is 5.97 Å². The minimum Gasteiger partial charge on any atom is -0.457 e. The summed E-state index contributed by atoms with van der Waals surface area (Å²) >= 11 is 9.04. The fourth-order valence-corrected chi connectivity index (χ4v) is 1.80. The number of carbonyl (C=O) groups excluding carboxylic acids is 1. The Morgan fingerprint density at radius 2 is 2.17 bits per heavy atom. The normalized spacial score (nSPS) is 10.1. The monoisotopic (exact) mass is 325 g/mol. The number of aromatic nitrogens is 1. The molecule has 0 aliphatic carbocycles. The van der Waals surface area contributed by atoms with Crippen molar-refractivity contribution in [1.82, 2.24) is 4.98 Å². The van der Waals surface area contributed by atoms with E-state index in [1.54, 1.807) is 24.3 Å². The van der Waals surface area contributed by atoms with Crippen LogP contribution in [0.25, 0.3) is 0 Å². The van der Waals surface area contributed by atoms with Gasteiger partial charge in [0, 0.05) is 11.2 Å². The smallest absolute Gasteiger partial charge is 0.340 e. The number of esters is 1. The molecule has 0 bridgehead atoms. The summed E-state index contributed by atoms with van der Waals surface area (Å²) in [6.07, 6.45) is 1.46. The van der Waals surface area contributed by atoms with Gasteiger partial charge in [0.2, 0.25) is 0 Å². The topological polar surface area (TPSA) is 39.2 Å². The molecule has 0 amide bonds. The summed E-state index contributed by atoms with van der Waals surface area (Å²) in [5.41, 5.74) is 1.26. The Labute approximate surface area is 118 Å². The second kappa shape index (κ2) is 5.98. The number of hydrogen-bond acceptors (Lipinski definition) is 3. The fraction of sp³-hybridized carbons (Fsp3) is 0.0769. The third-order valence-corrected chi connectivity index (χ3v) is 2.93. The highest BCUT2D eigenvalue weighted by Crippen LogP contribution is 2.13. The van der Waals surface area contributed by atoms with Crippen LogP contribution in [0.1, 0.15) is 15.9 Å². The second-order valence-electron chi connectivity index (χ2n) is 3.58. The molecule has 0 saturated carbocycles. The van der Waals surface area contributed by atoms with Crippen molar-refractivity contribution in [3.8, 4) is 0 Å². The molecular weight excluding hydrogens is 318 g/mol. The van der Waals surface area contributed by atoms with Gasteiger partial charge in [0.1, 0.15) is 11.2 Å². The van der Waals surface area contributed by atoms with E-state index in [1.807, 2.05) is 12.1 Å². The van der Waals surface area contributed by atoms with Crippen LogP contribution in [0.15, 0.2) is 47.2 Å². The van der Waals surface area contributed by atoms with Gasteiger partial charge in [-0.3, -0.25) is 0 Å². The van der Waals surface area contributed by atoms with Crippen LogP contribution in [-0.2, 0) is 11.3 Å². The molecule has 3 nitrogen and oxygen atoms in total. The lowest BCUT2D eigenvalue weighted by molar-refractivity contribution is 0.0472. The molecule has 0 fully saturated rings. The highest BCUT2D eigenvalue weighted by molar-refractivity contribution is 9.10. The van der Waals surface area contributed by atoms with Gasteiger partial charge in [0.05, 0.1) is 5.56 Å². The molecule has 0 spiro atoms. The number of pyridine rings is 1. The highest BCUT2D eigenvalue weighted by Gasteiger charge is 2.07. The van der Waals surface area contributed by atoms with E-state index in [4.69, 9.17) is 16.3 Å². The lowest BCUT2D eigenvalue weighted by atomic mass is 10.2. The summed E-state index contributed by atoms with van der Waals surface area (Å²) in [6.45, 7) is 0.190. The standard InChI is InChI=1S/C13H9BrClNO2/c14-12-5-4-10(7-16-12)13(17)18-8-9-2-1-3-11(15)6-9/h1-7H,8H2. The van der Waals surface area contributed by atoms with Gasteiger partial charge in [0.25, 0.3) is 0 Å². The van der Waals surface area contributed by atoms with Crippen LogP contribution >= 0.6 is 27.5 Å². The molecule has 0 aliphatic heterocycles. The third-order valence-electron chi connectivity index (χ3n) is 2.22. The molecule has 2 rings (SSSR count). The molecule has 5 heteroatoms. The summed E-state index contributed by atoms with van der Waals surface area (Å²) in [6, 6.07) is 10.5. The summed E-state index contributed by atoms with van der Waals surface area (Å²) in [5, 5.41) is 0.619. The Bertz CT molecular complexity index is 557. The molecule has 1 aromatic heterocycles. The summed E-state index contributed by atoms with van der Waals surface area (Å²) in [5.74, 6) is -0.407. The van der Waals surface area contributed by atoms with Gasteiger partial charge in [0.15, 0.2) is 0 Å². The van der Waals surface area contributed by atoms with Crippen molar-refractivity contribution < 1.29 is 9.53 Å². The Morgan fingerprint density at radius 1 is 1.33 bits per heavy atom. The number of benzene rings is 1. The van der Waals surface area contributed by atoms with Crippen molar-refractivity contribution in [3.63, 3.8) is 0 Å². The lowest BCUT2D eigenvalue weighted by Gasteiger charge is -2.05. The molecular formula is C13H9BrClNO2. The zero-order valence-electron chi connectivity index (χ0n) is 9.27. The van der Waals surface area contributed by atoms with Crippen LogP contribution in [0.4, 0.5) is 0 Å². The van der Waals surface area contributed by atoms with E-state index in [9.17, 15) is 4.79 Å². The number of rotatable bonds is 3. The summed E-state index contributed by atoms with van der Waals surface area (Å²) in [7, 11) is 0. The number of halogens is 2. The third kappa shape index (κ3) is 3.55. The predicted molar refractivity (Wildman–Crippen MR) is 72.5 cm³/mol. The Kier molecular flexibility index (Phi) is 4.33. The maximum atomic E-state index is 11.7. The number of nitrogens with zero attached hydrogens (tertiary/aromatic N) is 1. The highest BCUT2D eigenvalue weighted by atomic mass is 79.9. The molecule has 92 valence electrons. The molecule has 0 radical (unpaired) electrons. The summed E-state index contributed by atoms with van der Waals surface area (Å²) < 4.78 is 5.83. The first-order valence-electron chi connectivity index (χ1n) is 5.18. The minimum absolute atomic E-state index is 0.190. The number of carbonyl (C=O) groups is 1. The molecule has 1 aromatic carbocycles. The van der Waals surface area contributed by atoms with Gasteiger partial charge in [-0.1, -0.05) is 23.7 Å². The number of hydrogen-bond donors (Lipinski definition) is 0. The van der Waals surface area contributed by atoms with Crippen LogP contribution < -0.4 is 0 Å². The van der Waals surface area contributed by atoms with Crippen molar-refractivity contribution in [2.24, 2.45) is 0 Å². The number of ether oxygens (including phenoxy) is 1. The van der Waals surface area contributed by atoms with Crippen molar-refractivity contribution >= 4 is 33.5 Å². The molecule has 1 heterocycles. The van der Waals surface area contributed by atoms with Crippen molar-refractivity contribution in [2.45, 2.75) is 6.61 Å². The van der Waals surface area contributed by atoms with E-state index >= 15 is 0 Å². The largest absolute Gasteiger partial charge is 0.457 e. The first-order valence-corrected chi connectivity index (χ1v) is 6.35. The maximum Gasteiger partial charge on any atom is 0.340 e. The van der Waals surface area contributed by atoms with Crippen LogP contribution in [0.3, 0.4) is 0 Å². The molecule has 18 heavy (non-hydrogen) atoms. The molecule has 2 aromatic rings. The average Bonchev–Trinajstić information content (AvgIpc) is 2.37. The predicted octanol–water partition coefficient (Wildman–Crippen LogP) is 3.85. The van der Waals surface area contributed by atoms with Gasteiger partial charge < -0.3 is 4.74 Å². The van der Waals surface area contributed by atoms with Gasteiger partial charge in [-0.05, 0) is 45.8 Å². The average molecular weight is 327 g/mol. The van der Waals surface area contributed by atoms with Crippen LogP contribution in [0.5, 0.6) is 0 Å². The van der Waals surface area contributed by atoms with E-state index in [0.29, 0.717) is 15.2 Å². The van der Waals surface area contributed by atoms with Crippen LogP contribution in [0.2, 0.25) is 5.02 Å². The molecule has 0 saturated heterocycles. The van der Waals surface area contributed by atoms with Crippen molar-refractivity contribution in [1.29, 1.82) is 0 Å². The first kappa shape index (κ1) is 13.1. The van der Waals surface area contributed by atoms with E-state index in [1.165, 1.54) is 6.20 Å². The van der Waals surface area contributed by atoms with Gasteiger partial charge in [-0.15, -0.1) is 0 Å². The summed E-state index contributed by atoms with van der Waals surface area (Å²) in [4.78, 5) is 15.7. The fourth-order valence-electron chi connectivity index (χ4n) is 1.36. The Morgan fingerprint density at radius 3 is 2.83 bits per heavy atom. The lowest BCUT2D eigenvalue weighted by Crippen LogP contribution is -2.05. The van der Waals surface area contributed by atoms with Crippen LogP contribution in [0, 0.1) is 0 Å². The zero-order chi connectivity index (χ0) is 13.0. The maximum absolute atomic E-state index is 11.7. The minimum atomic E-state index is -0.407. The zero-order valence-corrected chi connectivity index (χ0v) is 11.6. The molecule has 0 atom stereocenters. The van der Waals surface area contributed by atoms with E-state index in [-0.39, 0.29) is 6.61 Å².